The Balaban J connectivity index is 1.62. The molecule has 0 fully saturated rings. The summed E-state index contributed by atoms with van der Waals surface area (Å²) in [4.78, 5) is 13.0. The Bertz CT molecular complexity index is 1940. The Morgan fingerprint density at radius 3 is 2.04 bits per heavy atom. The Morgan fingerprint density at radius 1 is 0.778 bits per heavy atom. The number of amides is 1. The van der Waals surface area contributed by atoms with Gasteiger partial charge in [0.15, 0.2) is 11.5 Å². The fraction of sp³-hybridized carbons (Fsp3) is 0.167. The summed E-state index contributed by atoms with van der Waals surface area (Å²) in [5.74, 6) is -0.113. The maximum absolute atomic E-state index is 14.0. The standard InChI is InChI=1S/C30H29Cl2N3O8S2/c1-19-24(32)6-5-7-25(19)34-44(37,38)22-11-9-21(10-12-22)33-30(36)18-35(26-16-20(31)8-14-27(26)41-2)45(39,40)23-13-15-28(42-3)29(17-23)43-4/h5-17,34H,18H2,1-4H3,(H,33,36). The zero-order valence-corrected chi connectivity index (χ0v) is 27.6. The normalized spacial score (nSPS) is 11.4. The van der Waals surface area contributed by atoms with Gasteiger partial charge in [-0.15, -0.1) is 0 Å². The van der Waals surface area contributed by atoms with E-state index in [0.717, 1.165) is 4.31 Å². The van der Waals surface area contributed by atoms with Crippen LogP contribution in [0.5, 0.6) is 17.2 Å². The molecule has 15 heteroatoms. The van der Waals surface area contributed by atoms with Gasteiger partial charge in [0.2, 0.25) is 5.91 Å². The summed E-state index contributed by atoms with van der Waals surface area (Å²) in [6, 6.07) is 18.6. The lowest BCUT2D eigenvalue weighted by Crippen LogP contribution is -2.38. The fourth-order valence-corrected chi connectivity index (χ4v) is 7.14. The van der Waals surface area contributed by atoms with Crippen molar-refractivity contribution in [1.82, 2.24) is 0 Å². The van der Waals surface area contributed by atoms with E-state index in [1.807, 2.05) is 0 Å². The number of halogens is 2. The number of rotatable bonds is 12. The molecule has 45 heavy (non-hydrogen) atoms. The van der Waals surface area contributed by atoms with Crippen molar-refractivity contribution >= 4 is 66.2 Å². The van der Waals surface area contributed by atoms with Crippen molar-refractivity contribution in [2.75, 3.05) is 42.2 Å². The van der Waals surface area contributed by atoms with Crippen LogP contribution < -0.4 is 28.6 Å². The second-order valence-corrected chi connectivity index (χ2v) is 13.8. The highest BCUT2D eigenvalue weighted by Crippen LogP contribution is 2.37. The number of hydrogen-bond donors (Lipinski definition) is 2. The summed E-state index contributed by atoms with van der Waals surface area (Å²) in [6.07, 6.45) is 0. The molecule has 0 saturated carbocycles. The van der Waals surface area contributed by atoms with E-state index in [1.54, 1.807) is 25.1 Å². The van der Waals surface area contributed by atoms with Crippen LogP contribution in [0.3, 0.4) is 0 Å². The lowest BCUT2D eigenvalue weighted by Gasteiger charge is -2.26. The molecule has 0 unspecified atom stereocenters. The minimum atomic E-state index is -4.41. The van der Waals surface area contributed by atoms with Gasteiger partial charge in [-0.05, 0) is 79.2 Å². The van der Waals surface area contributed by atoms with E-state index in [1.165, 1.54) is 82.0 Å². The molecule has 2 N–H and O–H groups in total. The smallest absolute Gasteiger partial charge is 0.265 e. The molecule has 1 amide bonds. The van der Waals surface area contributed by atoms with E-state index in [9.17, 15) is 21.6 Å². The van der Waals surface area contributed by atoms with Crippen LogP contribution >= 0.6 is 23.2 Å². The van der Waals surface area contributed by atoms with Gasteiger partial charge in [0, 0.05) is 21.8 Å². The molecule has 0 aliphatic rings. The van der Waals surface area contributed by atoms with Crippen molar-refractivity contribution in [1.29, 1.82) is 0 Å². The van der Waals surface area contributed by atoms with Gasteiger partial charge >= 0.3 is 0 Å². The third kappa shape index (κ3) is 7.56. The average Bonchev–Trinajstić information content (AvgIpc) is 3.01. The van der Waals surface area contributed by atoms with Crippen molar-refractivity contribution in [3.63, 3.8) is 0 Å². The summed E-state index contributed by atoms with van der Waals surface area (Å²) in [7, 11) is -4.26. The monoisotopic (exact) mass is 693 g/mol. The second-order valence-electron chi connectivity index (χ2n) is 9.44. The molecule has 4 rings (SSSR count). The van der Waals surface area contributed by atoms with Gasteiger partial charge in [-0.3, -0.25) is 13.8 Å². The first-order chi connectivity index (χ1) is 21.3. The predicted molar refractivity (Wildman–Crippen MR) is 174 cm³/mol. The average molecular weight is 695 g/mol. The zero-order valence-electron chi connectivity index (χ0n) is 24.5. The van der Waals surface area contributed by atoms with Gasteiger partial charge in [-0.25, -0.2) is 16.8 Å². The van der Waals surface area contributed by atoms with Crippen LogP contribution in [0.15, 0.2) is 88.7 Å². The minimum absolute atomic E-state index is 0.0127. The first kappa shape index (κ1) is 33.7. The third-order valence-electron chi connectivity index (χ3n) is 6.60. The van der Waals surface area contributed by atoms with Crippen molar-refractivity contribution in [2.24, 2.45) is 0 Å². The number of carbonyl (C=O) groups excluding carboxylic acids is 1. The first-order valence-electron chi connectivity index (χ1n) is 13.1. The Kier molecular flexibility index (Phi) is 10.4. The van der Waals surface area contributed by atoms with Crippen molar-refractivity contribution in [2.45, 2.75) is 16.7 Å². The van der Waals surface area contributed by atoms with E-state index in [4.69, 9.17) is 37.4 Å². The number of methoxy groups -OCH3 is 3. The Morgan fingerprint density at radius 2 is 1.40 bits per heavy atom. The molecule has 0 atom stereocenters. The van der Waals surface area contributed by atoms with E-state index in [2.05, 4.69) is 10.0 Å². The van der Waals surface area contributed by atoms with Crippen LogP contribution in [0.2, 0.25) is 10.0 Å². The summed E-state index contributed by atoms with van der Waals surface area (Å²) < 4.78 is 73.1. The second kappa shape index (κ2) is 13.9. The number of hydrogen-bond acceptors (Lipinski definition) is 8. The van der Waals surface area contributed by atoms with Gasteiger partial charge < -0.3 is 19.5 Å². The Hall–Kier alpha value is -4.17. The van der Waals surface area contributed by atoms with E-state index < -0.39 is 32.5 Å². The number of anilines is 3. The highest BCUT2D eigenvalue weighted by Gasteiger charge is 2.31. The molecule has 0 saturated heterocycles. The van der Waals surface area contributed by atoms with Crippen LogP contribution in [-0.4, -0.2) is 50.6 Å². The van der Waals surface area contributed by atoms with Gasteiger partial charge in [0.05, 0.1) is 42.5 Å². The molecule has 0 aromatic heterocycles. The van der Waals surface area contributed by atoms with Crippen molar-refractivity contribution in [3.05, 3.63) is 94.5 Å². The van der Waals surface area contributed by atoms with Gasteiger partial charge in [-0.1, -0.05) is 29.3 Å². The van der Waals surface area contributed by atoms with Crippen molar-refractivity contribution in [3.8, 4) is 17.2 Å². The minimum Gasteiger partial charge on any atom is -0.495 e. The predicted octanol–water partition coefficient (Wildman–Crippen LogP) is 5.96. The van der Waals surface area contributed by atoms with Crippen LogP contribution in [-0.2, 0) is 24.8 Å². The molecule has 0 aliphatic carbocycles. The quantitative estimate of drug-likeness (QED) is 0.185. The summed E-state index contributed by atoms with van der Waals surface area (Å²) in [5, 5.41) is 3.22. The van der Waals surface area contributed by atoms with E-state index >= 15 is 0 Å². The van der Waals surface area contributed by atoms with E-state index in [0.29, 0.717) is 22.0 Å². The topological polar surface area (TPSA) is 140 Å². The molecule has 4 aromatic carbocycles. The molecule has 0 radical (unpaired) electrons. The Labute approximate surface area is 271 Å². The number of ether oxygens (including phenoxy) is 3. The van der Waals surface area contributed by atoms with Crippen LogP contribution in [0, 0.1) is 6.92 Å². The lowest BCUT2D eigenvalue weighted by atomic mass is 10.2. The molecule has 4 aromatic rings. The SMILES string of the molecule is COc1ccc(S(=O)(=O)N(CC(=O)Nc2ccc(S(=O)(=O)Nc3cccc(Cl)c3C)cc2)c2cc(Cl)ccc2OC)cc1OC. The number of carbonyl (C=O) groups is 1. The summed E-state index contributed by atoms with van der Waals surface area (Å²) in [5.41, 5.74) is 1.13. The molecular weight excluding hydrogens is 665 g/mol. The molecule has 0 spiro atoms. The third-order valence-corrected chi connectivity index (χ3v) is 10.4. The number of nitrogens with one attached hydrogen (secondary N) is 2. The number of benzene rings is 4. The molecule has 0 aliphatic heterocycles. The molecule has 0 bridgehead atoms. The van der Waals surface area contributed by atoms with Crippen molar-refractivity contribution < 1.29 is 35.8 Å². The highest BCUT2D eigenvalue weighted by molar-refractivity contribution is 7.93. The fourth-order valence-electron chi connectivity index (χ4n) is 4.23. The highest BCUT2D eigenvalue weighted by atomic mass is 35.5. The molecule has 11 nitrogen and oxygen atoms in total. The van der Waals surface area contributed by atoms with Crippen LogP contribution in [0.4, 0.5) is 17.1 Å². The van der Waals surface area contributed by atoms with Gasteiger partial charge in [-0.2, -0.15) is 0 Å². The maximum Gasteiger partial charge on any atom is 0.265 e. The maximum atomic E-state index is 14.0. The van der Waals surface area contributed by atoms with Gasteiger partial charge in [0.1, 0.15) is 12.3 Å². The van der Waals surface area contributed by atoms with Crippen LogP contribution in [0.25, 0.3) is 0 Å². The molecule has 238 valence electrons. The zero-order chi connectivity index (χ0) is 32.9. The number of nitrogens with zero attached hydrogens (tertiary/aromatic N) is 1. The largest absolute Gasteiger partial charge is 0.495 e. The first-order valence-corrected chi connectivity index (χ1v) is 16.7. The van der Waals surface area contributed by atoms with Gasteiger partial charge in [0.25, 0.3) is 20.0 Å². The summed E-state index contributed by atoms with van der Waals surface area (Å²) in [6.45, 7) is 0.995. The molecular formula is C30H29Cl2N3O8S2. The molecule has 0 heterocycles. The van der Waals surface area contributed by atoms with Crippen LogP contribution in [0.1, 0.15) is 5.56 Å². The summed E-state index contributed by atoms with van der Waals surface area (Å²) >= 11 is 12.3. The van der Waals surface area contributed by atoms with E-state index in [-0.39, 0.29) is 37.7 Å². The number of sulfonamides is 2. The lowest BCUT2D eigenvalue weighted by molar-refractivity contribution is -0.114.